The number of pyridine rings is 1. The van der Waals surface area contributed by atoms with Gasteiger partial charge in [-0.15, -0.1) is 0 Å². The van der Waals surface area contributed by atoms with Gasteiger partial charge in [0.15, 0.2) is 0 Å². The van der Waals surface area contributed by atoms with Gasteiger partial charge in [-0.05, 0) is 30.7 Å². The SMILES string of the molecule is Cc1cc(-c2ccccc2)nc2c[c]ccc12. The van der Waals surface area contributed by atoms with Crippen LogP contribution in [0.2, 0.25) is 0 Å². The van der Waals surface area contributed by atoms with E-state index in [9.17, 15) is 0 Å². The van der Waals surface area contributed by atoms with Crippen molar-refractivity contribution in [3.05, 3.63) is 66.2 Å². The van der Waals surface area contributed by atoms with Crippen molar-refractivity contribution in [2.45, 2.75) is 6.92 Å². The van der Waals surface area contributed by atoms with Crippen molar-refractivity contribution in [1.29, 1.82) is 0 Å². The fraction of sp³-hybridized carbons (Fsp3) is 0.0625. The van der Waals surface area contributed by atoms with Crippen molar-refractivity contribution in [2.24, 2.45) is 0 Å². The van der Waals surface area contributed by atoms with E-state index in [0.29, 0.717) is 0 Å². The summed E-state index contributed by atoms with van der Waals surface area (Å²) in [5.74, 6) is 0. The molecule has 1 heteroatoms. The van der Waals surface area contributed by atoms with Crippen LogP contribution in [0.4, 0.5) is 0 Å². The van der Waals surface area contributed by atoms with Gasteiger partial charge in [0.05, 0.1) is 11.2 Å². The fourth-order valence-corrected chi connectivity index (χ4v) is 2.05. The topological polar surface area (TPSA) is 12.9 Å². The molecule has 3 aromatic rings. The second-order valence-electron chi connectivity index (χ2n) is 4.13. The zero-order valence-corrected chi connectivity index (χ0v) is 9.64. The highest BCUT2D eigenvalue weighted by molar-refractivity contribution is 5.84. The van der Waals surface area contributed by atoms with E-state index in [-0.39, 0.29) is 0 Å². The van der Waals surface area contributed by atoms with Gasteiger partial charge in [0, 0.05) is 10.9 Å². The maximum atomic E-state index is 4.68. The molecular formula is C16H12N. The van der Waals surface area contributed by atoms with Crippen molar-refractivity contribution in [3.63, 3.8) is 0 Å². The molecule has 0 saturated heterocycles. The van der Waals surface area contributed by atoms with Crippen LogP contribution in [0.25, 0.3) is 22.2 Å². The van der Waals surface area contributed by atoms with Gasteiger partial charge >= 0.3 is 0 Å². The molecule has 0 aliphatic heterocycles. The summed E-state index contributed by atoms with van der Waals surface area (Å²) >= 11 is 0. The van der Waals surface area contributed by atoms with Crippen molar-refractivity contribution in [1.82, 2.24) is 4.98 Å². The molecule has 1 heterocycles. The van der Waals surface area contributed by atoms with Crippen LogP contribution in [0.5, 0.6) is 0 Å². The quantitative estimate of drug-likeness (QED) is 0.601. The standard InChI is InChI=1S/C16H12N/c1-12-11-16(13-7-3-2-4-8-13)17-15-10-6-5-9-14(12)15/h2-5,7-11H,1H3. The lowest BCUT2D eigenvalue weighted by atomic mass is 10.1. The molecule has 3 rings (SSSR count). The molecule has 0 aliphatic carbocycles. The zero-order valence-electron chi connectivity index (χ0n) is 9.64. The van der Waals surface area contributed by atoms with Gasteiger partial charge in [0.2, 0.25) is 0 Å². The highest BCUT2D eigenvalue weighted by atomic mass is 14.7. The molecule has 81 valence electrons. The fourth-order valence-electron chi connectivity index (χ4n) is 2.05. The Hall–Kier alpha value is -2.15. The Morgan fingerprint density at radius 1 is 1.06 bits per heavy atom. The molecule has 0 spiro atoms. The predicted molar refractivity (Wildman–Crippen MR) is 70.8 cm³/mol. The van der Waals surface area contributed by atoms with Crippen LogP contribution in [0.3, 0.4) is 0 Å². The van der Waals surface area contributed by atoms with Gasteiger partial charge in [-0.2, -0.15) is 0 Å². The molecule has 0 bridgehead atoms. The Labute approximate surface area is 101 Å². The summed E-state index contributed by atoms with van der Waals surface area (Å²) in [6, 6.07) is 21.4. The van der Waals surface area contributed by atoms with Crippen molar-refractivity contribution < 1.29 is 0 Å². The highest BCUT2D eigenvalue weighted by Crippen LogP contribution is 2.23. The molecule has 1 nitrogen and oxygen atoms in total. The molecule has 0 N–H and O–H groups in total. The number of benzene rings is 2. The predicted octanol–water partition coefficient (Wildman–Crippen LogP) is 4.01. The monoisotopic (exact) mass is 218 g/mol. The Kier molecular flexibility index (Phi) is 2.37. The summed E-state index contributed by atoms with van der Waals surface area (Å²) in [7, 11) is 0. The first kappa shape index (κ1) is 10.0. The smallest absolute Gasteiger partial charge is 0.0718 e. The van der Waals surface area contributed by atoms with Gasteiger partial charge < -0.3 is 0 Å². The van der Waals surface area contributed by atoms with Crippen LogP contribution in [0.15, 0.2) is 54.6 Å². The summed E-state index contributed by atoms with van der Waals surface area (Å²) in [5.41, 5.74) is 4.44. The molecular weight excluding hydrogens is 206 g/mol. The lowest BCUT2D eigenvalue weighted by Gasteiger charge is -2.06. The third-order valence-electron chi connectivity index (χ3n) is 2.93. The van der Waals surface area contributed by atoms with Gasteiger partial charge in [-0.3, -0.25) is 0 Å². The normalized spacial score (nSPS) is 10.6. The number of hydrogen-bond donors (Lipinski definition) is 0. The van der Waals surface area contributed by atoms with Crippen molar-refractivity contribution in [3.8, 4) is 11.3 Å². The minimum absolute atomic E-state index is 1.01. The van der Waals surface area contributed by atoms with Crippen LogP contribution in [0.1, 0.15) is 5.56 Å². The molecule has 0 amide bonds. The molecule has 1 radical (unpaired) electrons. The first-order chi connectivity index (χ1) is 8.34. The summed E-state index contributed by atoms with van der Waals surface area (Å²) < 4.78 is 0. The van der Waals surface area contributed by atoms with E-state index >= 15 is 0 Å². The van der Waals surface area contributed by atoms with Crippen LogP contribution in [0, 0.1) is 13.0 Å². The summed E-state index contributed by atoms with van der Waals surface area (Å²) in [4.78, 5) is 4.68. The van der Waals surface area contributed by atoms with Crippen molar-refractivity contribution in [2.75, 3.05) is 0 Å². The molecule has 0 unspecified atom stereocenters. The van der Waals surface area contributed by atoms with Crippen molar-refractivity contribution >= 4 is 10.9 Å². The Bertz CT molecular complexity index is 657. The van der Waals surface area contributed by atoms with E-state index in [1.165, 1.54) is 10.9 Å². The second-order valence-corrected chi connectivity index (χ2v) is 4.13. The van der Waals surface area contributed by atoms with E-state index in [2.05, 4.69) is 42.2 Å². The number of fused-ring (bicyclic) bond motifs is 1. The molecule has 2 aromatic carbocycles. The zero-order chi connectivity index (χ0) is 11.7. The molecule has 1 aromatic heterocycles. The largest absolute Gasteiger partial charge is 0.248 e. The first-order valence-electron chi connectivity index (χ1n) is 5.67. The first-order valence-corrected chi connectivity index (χ1v) is 5.67. The minimum Gasteiger partial charge on any atom is -0.248 e. The molecule has 0 aliphatic rings. The average Bonchev–Trinajstić information content (AvgIpc) is 2.40. The number of aromatic nitrogens is 1. The Balaban J connectivity index is 2.26. The highest BCUT2D eigenvalue weighted by Gasteiger charge is 2.03. The molecule has 0 atom stereocenters. The number of nitrogens with zero attached hydrogens (tertiary/aromatic N) is 1. The van der Waals surface area contributed by atoms with E-state index in [0.717, 1.165) is 16.8 Å². The van der Waals surface area contributed by atoms with E-state index < -0.39 is 0 Å². The van der Waals surface area contributed by atoms with Crippen LogP contribution in [-0.4, -0.2) is 4.98 Å². The second kappa shape index (κ2) is 4.02. The van der Waals surface area contributed by atoms with Gasteiger partial charge in [-0.1, -0.05) is 42.5 Å². The van der Waals surface area contributed by atoms with Gasteiger partial charge in [0.1, 0.15) is 0 Å². The lowest BCUT2D eigenvalue weighted by molar-refractivity contribution is 1.36. The number of rotatable bonds is 1. The average molecular weight is 218 g/mol. The van der Waals surface area contributed by atoms with Crippen LogP contribution >= 0.6 is 0 Å². The van der Waals surface area contributed by atoms with Gasteiger partial charge in [0.25, 0.3) is 0 Å². The molecule has 0 saturated carbocycles. The maximum Gasteiger partial charge on any atom is 0.0718 e. The summed E-state index contributed by atoms with van der Waals surface area (Å²) in [6.07, 6.45) is 0. The third kappa shape index (κ3) is 1.80. The Morgan fingerprint density at radius 3 is 2.71 bits per heavy atom. The minimum atomic E-state index is 1.01. The van der Waals surface area contributed by atoms with E-state index in [1.807, 2.05) is 30.3 Å². The summed E-state index contributed by atoms with van der Waals surface area (Å²) in [6.45, 7) is 2.12. The maximum absolute atomic E-state index is 4.68. The number of hydrogen-bond acceptors (Lipinski definition) is 1. The molecule has 17 heavy (non-hydrogen) atoms. The summed E-state index contributed by atoms with van der Waals surface area (Å²) in [5, 5.41) is 1.20. The lowest BCUT2D eigenvalue weighted by Crippen LogP contribution is -1.88. The Morgan fingerprint density at radius 2 is 1.88 bits per heavy atom. The van der Waals surface area contributed by atoms with Crippen LogP contribution < -0.4 is 0 Å². The van der Waals surface area contributed by atoms with Crippen LogP contribution in [-0.2, 0) is 0 Å². The van der Waals surface area contributed by atoms with E-state index in [4.69, 9.17) is 0 Å². The van der Waals surface area contributed by atoms with E-state index in [1.54, 1.807) is 0 Å². The molecule has 0 fully saturated rings. The third-order valence-corrected chi connectivity index (χ3v) is 2.93. The van der Waals surface area contributed by atoms with Gasteiger partial charge in [-0.25, -0.2) is 4.98 Å². The number of aryl methyl sites for hydroxylation is 1.